The first kappa shape index (κ1) is 62.9. The molecule has 442 valence electrons. The molecule has 0 bridgehead atoms. The Morgan fingerprint density at radius 3 is 1.37 bits per heavy atom. The van der Waals surface area contributed by atoms with Gasteiger partial charge in [0.25, 0.3) is 0 Å². The third kappa shape index (κ3) is 13.7. The first-order valence-corrected chi connectivity index (χ1v) is 24.2. The van der Waals surface area contributed by atoms with E-state index in [-0.39, 0.29) is 6.41 Å². The maximum atomic E-state index is 12.8. The van der Waals surface area contributed by atoms with Crippen molar-refractivity contribution >= 4 is 12.3 Å². The number of aliphatic hydroxyl groups excluding tert-OH is 18. The summed E-state index contributed by atoms with van der Waals surface area (Å²) in [4.78, 5) is 23.7. The lowest BCUT2D eigenvalue weighted by molar-refractivity contribution is -0.394. The molecule has 0 aromatic heterocycles. The molecule has 31 atom stereocenters. The van der Waals surface area contributed by atoms with Gasteiger partial charge in [-0.25, -0.2) is 0 Å². The van der Waals surface area contributed by atoms with Crippen molar-refractivity contribution in [3.63, 3.8) is 0 Å². The van der Waals surface area contributed by atoms with E-state index < -0.39 is 242 Å². The molecule has 34 heteroatoms. The molecule has 20 N–H and O–H groups in total. The van der Waals surface area contributed by atoms with Gasteiger partial charge in [0.2, 0.25) is 12.3 Å². The van der Waals surface area contributed by atoms with Crippen LogP contribution in [0.4, 0.5) is 0 Å². The van der Waals surface area contributed by atoms with Crippen LogP contribution in [0.15, 0.2) is 0 Å². The predicted octanol–water partition coefficient (Wildman–Crippen LogP) is -13.8. The highest BCUT2D eigenvalue weighted by molar-refractivity contribution is 5.73. The van der Waals surface area contributed by atoms with Crippen LogP contribution in [-0.2, 0) is 66.4 Å². The van der Waals surface area contributed by atoms with Crippen molar-refractivity contribution in [1.29, 1.82) is 0 Å². The number of amides is 2. The predicted molar refractivity (Wildman–Crippen MR) is 233 cm³/mol. The van der Waals surface area contributed by atoms with Gasteiger partial charge in [-0.15, -0.1) is 0 Å². The zero-order valence-electron chi connectivity index (χ0n) is 40.7. The lowest BCUT2D eigenvalue weighted by Crippen LogP contribution is -2.70. The van der Waals surface area contributed by atoms with Crippen LogP contribution in [0.5, 0.6) is 0 Å². The van der Waals surface area contributed by atoms with Gasteiger partial charge in [-0.2, -0.15) is 0 Å². The lowest BCUT2D eigenvalue weighted by atomic mass is 9.94. The van der Waals surface area contributed by atoms with Crippen molar-refractivity contribution in [2.24, 2.45) is 0 Å². The Morgan fingerprint density at radius 2 is 0.855 bits per heavy atom. The minimum Gasteiger partial charge on any atom is -0.394 e. The number of nitrogens with one attached hydrogen (secondary N) is 2. The number of ether oxygens (including phenoxy) is 12. The molecule has 0 aromatic rings. The molecule has 0 aliphatic carbocycles. The number of hydrogen-bond acceptors (Lipinski definition) is 32. The minimum absolute atomic E-state index is 0.275. The largest absolute Gasteiger partial charge is 0.394 e. The van der Waals surface area contributed by atoms with Crippen LogP contribution >= 0.6 is 0 Å². The Kier molecular flexibility index (Phi) is 23.1. The maximum absolute atomic E-state index is 12.8. The highest BCUT2D eigenvalue weighted by Gasteiger charge is 2.58. The smallest absolute Gasteiger partial charge is 0.217 e. The van der Waals surface area contributed by atoms with Crippen molar-refractivity contribution < 1.29 is 158 Å². The van der Waals surface area contributed by atoms with E-state index in [1.165, 1.54) is 6.92 Å². The van der Waals surface area contributed by atoms with Gasteiger partial charge in [0.1, 0.15) is 140 Å². The molecule has 0 radical (unpaired) electrons. The summed E-state index contributed by atoms with van der Waals surface area (Å²) in [7, 11) is 0. The maximum Gasteiger partial charge on any atom is 0.217 e. The van der Waals surface area contributed by atoms with Gasteiger partial charge in [-0.3, -0.25) is 9.59 Å². The third-order valence-electron chi connectivity index (χ3n) is 13.8. The number of aliphatic hydroxyl groups is 18. The Labute approximate surface area is 431 Å². The Balaban J connectivity index is 1.23. The van der Waals surface area contributed by atoms with E-state index in [2.05, 4.69) is 10.6 Å². The number of carbonyl (C=O) groups excluding carboxylic acids is 2. The topological polar surface area (TPSA) is 533 Å². The monoisotopic (exact) mass is 1120 g/mol. The van der Waals surface area contributed by atoms with Gasteiger partial charge < -0.3 is 159 Å². The molecule has 34 nitrogen and oxygen atoms in total. The Hall–Kier alpha value is -2.26. The fraction of sp³-hybridized carbons (Fsp3) is 0.952. The van der Waals surface area contributed by atoms with Crippen molar-refractivity contribution in [1.82, 2.24) is 10.6 Å². The summed E-state index contributed by atoms with van der Waals surface area (Å²) in [6, 6.07) is -2.78. The second-order valence-electron chi connectivity index (χ2n) is 19.0. The summed E-state index contributed by atoms with van der Waals surface area (Å²) in [6.07, 6.45) is -54.8. The van der Waals surface area contributed by atoms with Gasteiger partial charge in [-0.05, 0) is 6.92 Å². The summed E-state index contributed by atoms with van der Waals surface area (Å²) in [5.41, 5.74) is 0. The van der Waals surface area contributed by atoms with Crippen LogP contribution in [0.1, 0.15) is 13.8 Å². The van der Waals surface area contributed by atoms with Gasteiger partial charge in [0.15, 0.2) is 37.7 Å². The van der Waals surface area contributed by atoms with Crippen LogP contribution < -0.4 is 10.6 Å². The third-order valence-corrected chi connectivity index (χ3v) is 13.8. The molecule has 6 rings (SSSR count). The second kappa shape index (κ2) is 27.9. The Bertz CT molecular complexity index is 1790. The summed E-state index contributed by atoms with van der Waals surface area (Å²) in [6.45, 7) is -3.72. The second-order valence-corrected chi connectivity index (χ2v) is 19.0. The standard InChI is InChI=1S/C42H72N2O32/c1-11-20(53)25(58)28(61)39(66-11)76-36-26(59)21(54)14(4-46)70-42(36)73-33-19(44-12(2)52)37(67-15(5-47)22(33)55)74-34-23(56)16(6-48)69-41(30(34)63)75-35-24(57)17(7-49)68-40(31(35)64)72-32-18(8-50)71-38(29(62)27(32)60)65-9-13(3-45)43-10-51/h10-11,13-42,45-50,53-64H,3-9H2,1-2H3,(H,43,51)(H,44,52)/t11-,13+,14+,15+,16+,17+,18+,19+,20+,21-,22-,23-,24-,25+,26-,27+,28-,29+,30+,31+,32+,33+,34-,35-,36+,37-,38+,39-,40-,41+,42-/m0/s1. The zero-order valence-corrected chi connectivity index (χ0v) is 40.7. The fourth-order valence-corrected chi connectivity index (χ4v) is 9.42. The Morgan fingerprint density at radius 1 is 0.447 bits per heavy atom. The van der Waals surface area contributed by atoms with E-state index in [0.29, 0.717) is 0 Å². The summed E-state index contributed by atoms with van der Waals surface area (Å²) < 4.78 is 68.7. The minimum atomic E-state index is -2.28. The van der Waals surface area contributed by atoms with E-state index in [1.807, 2.05) is 0 Å². The summed E-state index contributed by atoms with van der Waals surface area (Å²) >= 11 is 0. The first-order valence-electron chi connectivity index (χ1n) is 24.2. The molecule has 0 saturated carbocycles. The first-order chi connectivity index (χ1) is 36.1. The highest BCUT2D eigenvalue weighted by Crippen LogP contribution is 2.37. The normalized spacial score (nSPS) is 48.7. The molecule has 0 spiro atoms. The molecule has 76 heavy (non-hydrogen) atoms. The number of rotatable bonds is 22. The van der Waals surface area contributed by atoms with E-state index in [1.54, 1.807) is 0 Å². The fourth-order valence-electron chi connectivity index (χ4n) is 9.42. The highest BCUT2D eigenvalue weighted by atomic mass is 16.8. The average Bonchev–Trinajstić information content (AvgIpc) is 3.40. The molecule has 6 heterocycles. The number of hydrogen-bond donors (Lipinski definition) is 20. The SMILES string of the molecule is CC(=O)N[C@H]1[C@H](O[C@H]2[C@@H](O)[C@@H](CO)O[C@H](O[C@H]3[C@@H](O)[C@@H](CO)O[C@@H](O[C@H]4[C@H](O)[C@@H](O)[C@H](OC[C@@H](CO)NC=O)O[C@@H]4CO)[C@@H]3O)[C@@H]2O)O[C@H](CO)[C@H](O)[C@@H]1O[C@@H]1O[C@H](CO)[C@H](O)[C@H](O)[C@H]1O[C@@H]1O[C@@H](C)[C@@H](O)[C@@H](O)[C@@H]1O. The molecule has 6 fully saturated rings. The van der Waals surface area contributed by atoms with E-state index in [9.17, 15) is 102 Å². The van der Waals surface area contributed by atoms with Gasteiger partial charge >= 0.3 is 0 Å². The van der Waals surface area contributed by atoms with Crippen LogP contribution in [0, 0.1) is 0 Å². The summed E-state index contributed by atoms with van der Waals surface area (Å²) in [5, 5.41) is 198. The molecule has 6 aliphatic heterocycles. The van der Waals surface area contributed by atoms with E-state index in [0.717, 1.165) is 6.92 Å². The molecule has 2 amide bonds. The average molecular weight is 1120 g/mol. The van der Waals surface area contributed by atoms with Crippen LogP contribution in [-0.4, -0.2) is 341 Å². The van der Waals surface area contributed by atoms with Crippen molar-refractivity contribution in [2.75, 3.05) is 46.2 Å². The summed E-state index contributed by atoms with van der Waals surface area (Å²) in [5.74, 6) is -0.882. The van der Waals surface area contributed by atoms with Crippen LogP contribution in [0.2, 0.25) is 0 Å². The molecule has 0 unspecified atom stereocenters. The molecule has 6 aliphatic rings. The van der Waals surface area contributed by atoms with Crippen molar-refractivity contribution in [2.45, 2.75) is 204 Å². The van der Waals surface area contributed by atoms with Crippen LogP contribution in [0.25, 0.3) is 0 Å². The molecule has 0 aromatic carbocycles. The zero-order chi connectivity index (χ0) is 56.0. The van der Waals surface area contributed by atoms with Crippen LogP contribution in [0.3, 0.4) is 0 Å². The van der Waals surface area contributed by atoms with E-state index >= 15 is 0 Å². The quantitative estimate of drug-likeness (QED) is 0.0448. The molecular formula is C42H72N2O32. The van der Waals surface area contributed by atoms with Gasteiger partial charge in [0.05, 0.1) is 58.4 Å². The van der Waals surface area contributed by atoms with Crippen molar-refractivity contribution in [3.8, 4) is 0 Å². The lowest BCUT2D eigenvalue weighted by Gasteiger charge is -2.51. The van der Waals surface area contributed by atoms with Crippen molar-refractivity contribution in [3.05, 3.63) is 0 Å². The van der Waals surface area contributed by atoms with Gasteiger partial charge in [0, 0.05) is 6.92 Å². The number of carbonyl (C=O) groups is 2. The van der Waals surface area contributed by atoms with E-state index in [4.69, 9.17) is 56.8 Å². The molecular weight excluding hydrogens is 1040 g/mol. The molecule has 6 saturated heterocycles. The van der Waals surface area contributed by atoms with Gasteiger partial charge in [-0.1, -0.05) is 0 Å².